The van der Waals surface area contributed by atoms with Gasteiger partial charge in [-0.3, -0.25) is 9.69 Å². The fourth-order valence-corrected chi connectivity index (χ4v) is 2.81. The van der Waals surface area contributed by atoms with Crippen molar-refractivity contribution in [1.29, 1.82) is 5.26 Å². The van der Waals surface area contributed by atoms with Gasteiger partial charge in [0.15, 0.2) is 0 Å². The quantitative estimate of drug-likeness (QED) is 0.903. The van der Waals surface area contributed by atoms with Crippen LogP contribution in [0.3, 0.4) is 0 Å². The van der Waals surface area contributed by atoms with Gasteiger partial charge in [-0.25, -0.2) is 4.79 Å². The first-order chi connectivity index (χ1) is 11.7. The zero-order valence-electron chi connectivity index (χ0n) is 14.7. The molecule has 134 valence electrons. The van der Waals surface area contributed by atoms with Crippen molar-refractivity contribution in [3.8, 4) is 6.07 Å². The molecule has 0 aromatic heterocycles. The van der Waals surface area contributed by atoms with Gasteiger partial charge in [-0.2, -0.15) is 5.26 Å². The fraction of sp³-hybridized carbons (Fsp3) is 0.500. The number of hydrogen-bond acceptors (Lipinski definition) is 5. The molecule has 25 heavy (non-hydrogen) atoms. The first-order valence-corrected chi connectivity index (χ1v) is 8.17. The second kappa shape index (κ2) is 7.53. The number of carbonyl (C=O) groups is 2. The number of aliphatic carboxylic acids is 1. The van der Waals surface area contributed by atoms with E-state index in [1.54, 1.807) is 54.8 Å². The Morgan fingerprint density at radius 2 is 1.80 bits per heavy atom. The van der Waals surface area contributed by atoms with Gasteiger partial charge in [-0.05, 0) is 32.4 Å². The van der Waals surface area contributed by atoms with Gasteiger partial charge >= 0.3 is 12.1 Å². The smallest absolute Gasteiger partial charge is 0.410 e. The molecular weight excluding hydrogens is 322 g/mol. The number of nitrogens with zero attached hydrogens (tertiary/aromatic N) is 3. The Labute approximate surface area is 147 Å². The van der Waals surface area contributed by atoms with E-state index in [2.05, 4.69) is 0 Å². The summed E-state index contributed by atoms with van der Waals surface area (Å²) in [6, 6.07) is 7.85. The van der Waals surface area contributed by atoms with Gasteiger partial charge in [0.25, 0.3) is 0 Å². The second-order valence-corrected chi connectivity index (χ2v) is 6.94. The zero-order chi connectivity index (χ0) is 18.6. The average Bonchev–Trinajstić information content (AvgIpc) is 2.54. The molecule has 2 rings (SSSR count). The number of benzene rings is 1. The number of amides is 1. The Hall–Kier alpha value is -2.59. The van der Waals surface area contributed by atoms with E-state index in [0.717, 1.165) is 0 Å². The third-order valence-electron chi connectivity index (χ3n) is 3.94. The molecule has 1 aromatic carbocycles. The molecule has 1 N–H and O–H groups in total. The number of carboxylic acid groups (broad SMARTS) is 1. The molecule has 1 fully saturated rings. The van der Waals surface area contributed by atoms with Crippen LogP contribution in [0.1, 0.15) is 37.9 Å². The molecule has 0 spiro atoms. The van der Waals surface area contributed by atoms with E-state index in [1.807, 2.05) is 6.07 Å². The van der Waals surface area contributed by atoms with E-state index in [9.17, 15) is 20.0 Å². The Balaban J connectivity index is 2.10. The molecule has 0 bridgehead atoms. The maximum absolute atomic E-state index is 12.1. The van der Waals surface area contributed by atoms with Crippen molar-refractivity contribution in [3.05, 3.63) is 35.4 Å². The summed E-state index contributed by atoms with van der Waals surface area (Å²) >= 11 is 0. The van der Waals surface area contributed by atoms with Gasteiger partial charge < -0.3 is 14.7 Å². The largest absolute Gasteiger partial charge is 0.480 e. The van der Waals surface area contributed by atoms with Crippen molar-refractivity contribution < 1.29 is 19.4 Å². The minimum atomic E-state index is -1.01. The molecule has 0 aliphatic carbocycles. The Morgan fingerprint density at radius 3 is 2.32 bits per heavy atom. The molecular formula is C18H23N3O4. The molecule has 1 heterocycles. The van der Waals surface area contributed by atoms with Crippen molar-refractivity contribution in [2.75, 3.05) is 26.2 Å². The number of carboxylic acids is 1. The highest BCUT2D eigenvalue weighted by molar-refractivity contribution is 5.77. The van der Waals surface area contributed by atoms with Gasteiger partial charge in [0.1, 0.15) is 11.6 Å². The third-order valence-corrected chi connectivity index (χ3v) is 3.94. The number of rotatable bonds is 3. The number of hydrogen-bond donors (Lipinski definition) is 1. The Morgan fingerprint density at radius 1 is 1.20 bits per heavy atom. The van der Waals surface area contributed by atoms with E-state index < -0.39 is 23.7 Å². The second-order valence-electron chi connectivity index (χ2n) is 6.94. The van der Waals surface area contributed by atoms with E-state index in [1.165, 1.54) is 0 Å². The van der Waals surface area contributed by atoms with Crippen LogP contribution < -0.4 is 0 Å². The number of carbonyl (C=O) groups excluding carboxylic acids is 1. The molecule has 1 aliphatic heterocycles. The van der Waals surface area contributed by atoms with Crippen LogP contribution in [0.15, 0.2) is 24.3 Å². The average molecular weight is 345 g/mol. The van der Waals surface area contributed by atoms with Gasteiger partial charge in [-0.15, -0.1) is 0 Å². The van der Waals surface area contributed by atoms with Crippen LogP contribution in [0.2, 0.25) is 0 Å². The summed E-state index contributed by atoms with van der Waals surface area (Å²) < 4.78 is 5.35. The number of ether oxygens (including phenoxy) is 1. The summed E-state index contributed by atoms with van der Waals surface area (Å²) in [6.07, 6.45) is -0.392. The van der Waals surface area contributed by atoms with Crippen LogP contribution in [0.25, 0.3) is 0 Å². The predicted octanol–water partition coefficient (Wildman–Crippen LogP) is 2.24. The van der Waals surface area contributed by atoms with Crippen LogP contribution in [0.4, 0.5) is 4.79 Å². The highest BCUT2D eigenvalue weighted by Gasteiger charge is 2.33. The minimum absolute atomic E-state index is 0.351. The molecule has 7 heteroatoms. The first kappa shape index (κ1) is 18.7. The van der Waals surface area contributed by atoms with Gasteiger partial charge in [-0.1, -0.05) is 18.2 Å². The Bertz CT molecular complexity index is 682. The van der Waals surface area contributed by atoms with Gasteiger partial charge in [0, 0.05) is 26.2 Å². The zero-order valence-corrected chi connectivity index (χ0v) is 14.7. The lowest BCUT2D eigenvalue weighted by molar-refractivity contribution is -0.144. The van der Waals surface area contributed by atoms with Crippen molar-refractivity contribution in [2.45, 2.75) is 32.4 Å². The lowest BCUT2D eigenvalue weighted by Gasteiger charge is -2.38. The van der Waals surface area contributed by atoms with Crippen LogP contribution in [0, 0.1) is 11.3 Å². The third kappa shape index (κ3) is 4.70. The molecule has 1 unspecified atom stereocenters. The highest BCUT2D eigenvalue weighted by Crippen LogP contribution is 2.26. The van der Waals surface area contributed by atoms with Crippen LogP contribution in [-0.4, -0.2) is 58.7 Å². The lowest BCUT2D eigenvalue weighted by Crippen LogP contribution is -2.52. The first-order valence-electron chi connectivity index (χ1n) is 8.17. The van der Waals surface area contributed by atoms with Gasteiger partial charge in [0.2, 0.25) is 0 Å². The number of nitriles is 1. The van der Waals surface area contributed by atoms with E-state index >= 15 is 0 Å². The SMILES string of the molecule is CC(C)(C)OC(=O)N1CCN(C(C(=O)O)c2ccccc2C#N)CC1. The van der Waals surface area contributed by atoms with Crippen LogP contribution in [-0.2, 0) is 9.53 Å². The standard InChI is InChI=1S/C18H23N3O4/c1-18(2,3)25-17(24)21-10-8-20(9-11-21)15(16(22)23)14-7-5-4-6-13(14)12-19/h4-7,15H,8-11H2,1-3H3,(H,22,23). The summed E-state index contributed by atoms with van der Waals surface area (Å²) in [5, 5.41) is 18.9. The molecule has 7 nitrogen and oxygen atoms in total. The molecule has 1 aliphatic rings. The summed E-state index contributed by atoms with van der Waals surface area (Å²) in [5.74, 6) is -1.01. The van der Waals surface area contributed by atoms with E-state index in [0.29, 0.717) is 37.3 Å². The van der Waals surface area contributed by atoms with Crippen molar-refractivity contribution in [3.63, 3.8) is 0 Å². The highest BCUT2D eigenvalue weighted by atomic mass is 16.6. The molecule has 0 radical (unpaired) electrons. The predicted molar refractivity (Wildman–Crippen MR) is 90.9 cm³/mol. The van der Waals surface area contributed by atoms with Crippen molar-refractivity contribution in [1.82, 2.24) is 9.80 Å². The molecule has 1 aromatic rings. The number of piperazine rings is 1. The van der Waals surface area contributed by atoms with Crippen molar-refractivity contribution in [2.24, 2.45) is 0 Å². The summed E-state index contributed by atoms with van der Waals surface area (Å²) in [7, 11) is 0. The lowest BCUT2D eigenvalue weighted by atomic mass is 9.99. The van der Waals surface area contributed by atoms with E-state index in [4.69, 9.17) is 4.74 Å². The topological polar surface area (TPSA) is 93.9 Å². The molecule has 1 saturated heterocycles. The van der Waals surface area contributed by atoms with E-state index in [-0.39, 0.29) is 0 Å². The summed E-state index contributed by atoms with van der Waals surface area (Å²) in [5.41, 5.74) is 0.261. The maximum atomic E-state index is 12.1. The van der Waals surface area contributed by atoms with Crippen LogP contribution >= 0.6 is 0 Å². The molecule has 0 saturated carbocycles. The minimum Gasteiger partial charge on any atom is -0.480 e. The molecule has 1 amide bonds. The fourth-order valence-electron chi connectivity index (χ4n) is 2.81. The Kier molecular flexibility index (Phi) is 5.65. The van der Waals surface area contributed by atoms with Gasteiger partial charge in [0.05, 0.1) is 11.6 Å². The van der Waals surface area contributed by atoms with Crippen LogP contribution in [0.5, 0.6) is 0 Å². The maximum Gasteiger partial charge on any atom is 0.410 e. The summed E-state index contributed by atoms with van der Waals surface area (Å²) in [4.78, 5) is 27.3. The monoisotopic (exact) mass is 345 g/mol. The normalized spacial score (nSPS) is 16.8. The van der Waals surface area contributed by atoms with Crippen molar-refractivity contribution >= 4 is 12.1 Å². The summed E-state index contributed by atoms with van der Waals surface area (Å²) in [6.45, 7) is 6.98. The molecule has 1 atom stereocenters.